The first-order valence-corrected chi connectivity index (χ1v) is 5.58. The zero-order valence-corrected chi connectivity index (χ0v) is 10.2. The van der Waals surface area contributed by atoms with Crippen LogP contribution < -0.4 is 0 Å². The molecule has 1 aliphatic rings. The van der Waals surface area contributed by atoms with Gasteiger partial charge >= 0.3 is 6.09 Å². The van der Waals surface area contributed by atoms with Gasteiger partial charge in [-0.1, -0.05) is 18.6 Å². The van der Waals surface area contributed by atoms with Crippen LogP contribution in [0.1, 0.15) is 40.5 Å². The van der Waals surface area contributed by atoms with Crippen molar-refractivity contribution in [1.82, 2.24) is 4.90 Å². The van der Waals surface area contributed by atoms with E-state index in [1.54, 1.807) is 4.90 Å². The van der Waals surface area contributed by atoms with Crippen LogP contribution in [0.5, 0.6) is 0 Å². The maximum absolute atomic E-state index is 11.8. The Morgan fingerprint density at radius 1 is 1.53 bits per heavy atom. The molecule has 0 N–H and O–H groups in total. The molecule has 0 unspecified atom stereocenters. The third kappa shape index (κ3) is 3.94. The predicted molar refractivity (Wildman–Crippen MR) is 60.8 cm³/mol. The summed E-state index contributed by atoms with van der Waals surface area (Å²) in [5.74, 6) is 0. The van der Waals surface area contributed by atoms with Gasteiger partial charge in [-0.25, -0.2) is 4.79 Å². The highest BCUT2D eigenvalue weighted by Gasteiger charge is 2.23. The summed E-state index contributed by atoms with van der Waals surface area (Å²) in [6.45, 7) is 9.30. The van der Waals surface area contributed by atoms with E-state index in [1.807, 2.05) is 20.8 Å². The van der Waals surface area contributed by atoms with E-state index < -0.39 is 5.60 Å². The Labute approximate surface area is 92.1 Å². The van der Waals surface area contributed by atoms with E-state index in [2.05, 4.69) is 13.0 Å². The molecule has 0 aliphatic carbocycles. The van der Waals surface area contributed by atoms with Crippen molar-refractivity contribution < 1.29 is 9.53 Å². The number of carbonyl (C=O) groups is 1. The van der Waals surface area contributed by atoms with E-state index in [9.17, 15) is 4.79 Å². The highest BCUT2D eigenvalue weighted by atomic mass is 16.6. The average Bonchev–Trinajstić information content (AvgIpc) is 2.15. The van der Waals surface area contributed by atoms with Gasteiger partial charge in [0.2, 0.25) is 0 Å². The molecule has 86 valence electrons. The van der Waals surface area contributed by atoms with Gasteiger partial charge in [-0.3, -0.25) is 0 Å². The van der Waals surface area contributed by atoms with Crippen LogP contribution in [0.15, 0.2) is 11.6 Å². The number of ether oxygens (including phenoxy) is 1. The molecule has 1 rings (SSSR count). The molecule has 1 amide bonds. The minimum Gasteiger partial charge on any atom is -0.444 e. The molecule has 0 atom stereocenters. The zero-order valence-electron chi connectivity index (χ0n) is 10.2. The fraction of sp³-hybridized carbons (Fsp3) is 0.750. The summed E-state index contributed by atoms with van der Waals surface area (Å²) >= 11 is 0. The van der Waals surface area contributed by atoms with Crippen LogP contribution in [0.2, 0.25) is 0 Å². The summed E-state index contributed by atoms with van der Waals surface area (Å²) in [6, 6.07) is 0. The van der Waals surface area contributed by atoms with Crippen molar-refractivity contribution in [2.24, 2.45) is 0 Å². The van der Waals surface area contributed by atoms with E-state index in [0.29, 0.717) is 0 Å². The Morgan fingerprint density at radius 2 is 2.20 bits per heavy atom. The molecule has 3 nitrogen and oxygen atoms in total. The molecule has 0 saturated carbocycles. The number of nitrogens with zero attached hydrogens (tertiary/aromatic N) is 1. The van der Waals surface area contributed by atoms with Crippen LogP contribution in [0.4, 0.5) is 4.79 Å². The van der Waals surface area contributed by atoms with Gasteiger partial charge in [0.1, 0.15) is 5.60 Å². The highest BCUT2D eigenvalue weighted by molar-refractivity contribution is 5.68. The van der Waals surface area contributed by atoms with Crippen LogP contribution in [-0.2, 0) is 4.74 Å². The van der Waals surface area contributed by atoms with Gasteiger partial charge in [0.05, 0.1) is 0 Å². The quantitative estimate of drug-likeness (QED) is 0.624. The Bertz CT molecular complexity index is 263. The van der Waals surface area contributed by atoms with Crippen LogP contribution in [0, 0.1) is 0 Å². The zero-order chi connectivity index (χ0) is 11.5. The maximum atomic E-state index is 11.8. The number of hydrogen-bond donors (Lipinski definition) is 0. The molecule has 15 heavy (non-hydrogen) atoms. The third-order valence-corrected chi connectivity index (χ3v) is 2.33. The molecule has 0 aromatic heterocycles. The molecule has 1 heterocycles. The average molecular weight is 211 g/mol. The van der Waals surface area contributed by atoms with Crippen molar-refractivity contribution in [3.63, 3.8) is 0 Å². The molecule has 3 heteroatoms. The first-order chi connectivity index (χ1) is 6.92. The van der Waals surface area contributed by atoms with E-state index in [4.69, 9.17) is 4.74 Å². The number of amides is 1. The summed E-state index contributed by atoms with van der Waals surface area (Å²) in [5.41, 5.74) is 0.928. The molecule has 0 bridgehead atoms. The third-order valence-electron chi connectivity index (χ3n) is 2.33. The van der Waals surface area contributed by atoms with Gasteiger partial charge in [0.15, 0.2) is 0 Å². The fourth-order valence-electron chi connectivity index (χ4n) is 1.55. The van der Waals surface area contributed by atoms with E-state index in [-0.39, 0.29) is 6.09 Å². The highest BCUT2D eigenvalue weighted by Crippen LogP contribution is 2.16. The fourth-order valence-corrected chi connectivity index (χ4v) is 1.55. The second-order valence-corrected chi connectivity index (χ2v) is 4.91. The molecule has 0 spiro atoms. The van der Waals surface area contributed by atoms with Crippen molar-refractivity contribution in [3.05, 3.63) is 11.6 Å². The van der Waals surface area contributed by atoms with Crippen LogP contribution in [-0.4, -0.2) is 29.7 Å². The second-order valence-electron chi connectivity index (χ2n) is 4.91. The van der Waals surface area contributed by atoms with Crippen LogP contribution in [0.25, 0.3) is 0 Å². The molecule has 0 aromatic rings. The SMILES string of the molecule is CCC1=CCCN(C(=O)OC(C)(C)C)C1. The summed E-state index contributed by atoms with van der Waals surface area (Å²) in [4.78, 5) is 13.5. The maximum Gasteiger partial charge on any atom is 0.410 e. The lowest BCUT2D eigenvalue weighted by atomic mass is 10.1. The predicted octanol–water partition coefficient (Wildman–Crippen LogP) is 2.96. The molecule has 0 aromatic carbocycles. The monoisotopic (exact) mass is 211 g/mol. The number of carbonyl (C=O) groups excluding carboxylic acids is 1. The van der Waals surface area contributed by atoms with E-state index in [1.165, 1.54) is 5.57 Å². The number of hydrogen-bond acceptors (Lipinski definition) is 2. The molecular weight excluding hydrogens is 190 g/mol. The first-order valence-electron chi connectivity index (χ1n) is 5.58. The van der Waals surface area contributed by atoms with Crippen molar-refractivity contribution in [2.45, 2.75) is 46.1 Å². The first kappa shape index (κ1) is 12.1. The molecule has 1 aliphatic heterocycles. The second kappa shape index (κ2) is 4.69. The van der Waals surface area contributed by atoms with Gasteiger partial charge in [-0.15, -0.1) is 0 Å². The topological polar surface area (TPSA) is 29.5 Å². The van der Waals surface area contributed by atoms with Crippen LogP contribution in [0.3, 0.4) is 0 Å². The van der Waals surface area contributed by atoms with Gasteiger partial charge in [0, 0.05) is 13.1 Å². The normalized spacial score (nSPS) is 17.3. The van der Waals surface area contributed by atoms with Crippen molar-refractivity contribution in [2.75, 3.05) is 13.1 Å². The minimum absolute atomic E-state index is 0.193. The Morgan fingerprint density at radius 3 is 2.73 bits per heavy atom. The van der Waals surface area contributed by atoms with Crippen molar-refractivity contribution >= 4 is 6.09 Å². The van der Waals surface area contributed by atoms with Gasteiger partial charge in [0.25, 0.3) is 0 Å². The molecule has 0 radical (unpaired) electrons. The summed E-state index contributed by atoms with van der Waals surface area (Å²) in [5, 5.41) is 0. The van der Waals surface area contributed by atoms with Crippen LogP contribution >= 0.6 is 0 Å². The lowest BCUT2D eigenvalue weighted by Gasteiger charge is -2.30. The Kier molecular flexibility index (Phi) is 3.77. The van der Waals surface area contributed by atoms with Crippen molar-refractivity contribution in [1.29, 1.82) is 0 Å². The summed E-state index contributed by atoms with van der Waals surface area (Å²) in [7, 11) is 0. The van der Waals surface area contributed by atoms with E-state index in [0.717, 1.165) is 25.9 Å². The van der Waals surface area contributed by atoms with Crippen molar-refractivity contribution in [3.8, 4) is 0 Å². The van der Waals surface area contributed by atoms with Gasteiger partial charge < -0.3 is 9.64 Å². The molecule has 0 fully saturated rings. The number of rotatable bonds is 1. The summed E-state index contributed by atoms with van der Waals surface area (Å²) in [6.07, 6.45) is 3.99. The lowest BCUT2D eigenvalue weighted by Crippen LogP contribution is -2.39. The Balaban J connectivity index is 2.52. The Hall–Kier alpha value is -0.990. The summed E-state index contributed by atoms with van der Waals surface area (Å²) < 4.78 is 5.33. The van der Waals surface area contributed by atoms with Gasteiger partial charge in [-0.05, 0) is 33.6 Å². The van der Waals surface area contributed by atoms with Gasteiger partial charge in [-0.2, -0.15) is 0 Å². The molecular formula is C12H21NO2. The smallest absolute Gasteiger partial charge is 0.410 e. The lowest BCUT2D eigenvalue weighted by molar-refractivity contribution is 0.0261. The molecule has 0 saturated heterocycles. The largest absolute Gasteiger partial charge is 0.444 e. The standard InChI is InChI=1S/C12H21NO2/c1-5-10-7-6-8-13(9-10)11(14)15-12(2,3)4/h7H,5-6,8-9H2,1-4H3. The van der Waals surface area contributed by atoms with E-state index >= 15 is 0 Å². The minimum atomic E-state index is -0.398.